The first-order valence-corrected chi connectivity index (χ1v) is 4.84. The van der Waals surface area contributed by atoms with E-state index >= 15 is 0 Å². The molecule has 0 fully saturated rings. The standard InChI is InChI=1S/C11H10ClNO2/c12-10-6-5-9(15-10)11(14)7-3-1-2-4-8(7)13/h1-6,11,14H,13H2. The number of para-hydroxylation sites is 1. The highest BCUT2D eigenvalue weighted by Gasteiger charge is 2.16. The van der Waals surface area contributed by atoms with Crippen LogP contribution in [-0.2, 0) is 0 Å². The van der Waals surface area contributed by atoms with Gasteiger partial charge in [-0.05, 0) is 29.8 Å². The lowest BCUT2D eigenvalue weighted by Gasteiger charge is -2.10. The van der Waals surface area contributed by atoms with Gasteiger partial charge in [-0.25, -0.2) is 0 Å². The maximum absolute atomic E-state index is 9.95. The number of benzene rings is 1. The summed E-state index contributed by atoms with van der Waals surface area (Å²) in [6, 6.07) is 10.3. The van der Waals surface area contributed by atoms with Crippen molar-refractivity contribution < 1.29 is 9.52 Å². The summed E-state index contributed by atoms with van der Waals surface area (Å²) in [7, 11) is 0. The normalized spacial score (nSPS) is 12.7. The fraction of sp³-hybridized carbons (Fsp3) is 0.0909. The van der Waals surface area contributed by atoms with E-state index in [1.807, 2.05) is 0 Å². The lowest BCUT2D eigenvalue weighted by atomic mass is 10.1. The van der Waals surface area contributed by atoms with Crippen LogP contribution in [0.1, 0.15) is 17.4 Å². The van der Waals surface area contributed by atoms with Crippen molar-refractivity contribution in [1.82, 2.24) is 0 Å². The van der Waals surface area contributed by atoms with Gasteiger partial charge in [0.1, 0.15) is 11.9 Å². The molecule has 2 rings (SSSR count). The number of furan rings is 1. The maximum atomic E-state index is 9.95. The topological polar surface area (TPSA) is 59.4 Å². The van der Waals surface area contributed by atoms with Gasteiger partial charge in [-0.2, -0.15) is 0 Å². The van der Waals surface area contributed by atoms with E-state index in [1.54, 1.807) is 36.4 Å². The highest BCUT2D eigenvalue weighted by molar-refractivity contribution is 6.28. The molecule has 4 heteroatoms. The maximum Gasteiger partial charge on any atom is 0.193 e. The fourth-order valence-electron chi connectivity index (χ4n) is 1.39. The summed E-state index contributed by atoms with van der Waals surface area (Å²) in [4.78, 5) is 0. The zero-order valence-electron chi connectivity index (χ0n) is 7.85. The van der Waals surface area contributed by atoms with Gasteiger partial charge in [0.15, 0.2) is 5.22 Å². The molecular formula is C11H10ClNO2. The molecule has 1 heterocycles. The molecule has 1 unspecified atom stereocenters. The van der Waals surface area contributed by atoms with Gasteiger partial charge in [-0.1, -0.05) is 18.2 Å². The Bertz CT molecular complexity index is 467. The minimum absolute atomic E-state index is 0.249. The Morgan fingerprint density at radius 2 is 1.93 bits per heavy atom. The SMILES string of the molecule is Nc1ccccc1C(O)c1ccc(Cl)o1. The Hall–Kier alpha value is -1.45. The zero-order valence-corrected chi connectivity index (χ0v) is 8.61. The summed E-state index contributed by atoms with van der Waals surface area (Å²) in [5.41, 5.74) is 6.87. The van der Waals surface area contributed by atoms with Crippen molar-refractivity contribution in [1.29, 1.82) is 0 Å². The van der Waals surface area contributed by atoms with E-state index in [1.165, 1.54) is 0 Å². The summed E-state index contributed by atoms with van der Waals surface area (Å²) in [5, 5.41) is 10.2. The third-order valence-electron chi connectivity index (χ3n) is 2.15. The molecule has 15 heavy (non-hydrogen) atoms. The van der Waals surface area contributed by atoms with Crippen LogP contribution in [0.3, 0.4) is 0 Å². The molecule has 1 aromatic heterocycles. The van der Waals surface area contributed by atoms with Gasteiger partial charge in [-0.15, -0.1) is 0 Å². The van der Waals surface area contributed by atoms with Crippen LogP contribution in [0.15, 0.2) is 40.8 Å². The van der Waals surface area contributed by atoms with Crippen LogP contribution >= 0.6 is 11.6 Å². The van der Waals surface area contributed by atoms with Gasteiger partial charge in [-0.3, -0.25) is 0 Å². The van der Waals surface area contributed by atoms with Crippen LogP contribution in [0, 0.1) is 0 Å². The summed E-state index contributed by atoms with van der Waals surface area (Å²) in [5.74, 6) is 0.387. The molecule has 0 aliphatic heterocycles. The fourth-order valence-corrected chi connectivity index (χ4v) is 1.54. The molecule has 0 aliphatic carbocycles. The van der Waals surface area contributed by atoms with E-state index < -0.39 is 6.10 Å². The average Bonchev–Trinajstić information content (AvgIpc) is 2.65. The second kappa shape index (κ2) is 3.96. The van der Waals surface area contributed by atoms with Crippen LogP contribution in [0.2, 0.25) is 5.22 Å². The van der Waals surface area contributed by atoms with Gasteiger partial charge >= 0.3 is 0 Å². The van der Waals surface area contributed by atoms with Crippen molar-refractivity contribution in [3.8, 4) is 0 Å². The Morgan fingerprint density at radius 1 is 1.20 bits per heavy atom. The number of anilines is 1. The largest absolute Gasteiger partial charge is 0.447 e. The molecule has 1 aromatic carbocycles. The van der Waals surface area contributed by atoms with Gasteiger partial charge in [0.2, 0.25) is 0 Å². The highest BCUT2D eigenvalue weighted by atomic mass is 35.5. The Labute approximate surface area is 92.1 Å². The van der Waals surface area contributed by atoms with Crippen LogP contribution in [0.4, 0.5) is 5.69 Å². The first-order chi connectivity index (χ1) is 7.18. The third-order valence-corrected chi connectivity index (χ3v) is 2.36. The number of rotatable bonds is 2. The first-order valence-electron chi connectivity index (χ1n) is 4.46. The molecule has 0 saturated carbocycles. The van der Waals surface area contributed by atoms with Crippen LogP contribution in [0.25, 0.3) is 0 Å². The minimum Gasteiger partial charge on any atom is -0.447 e. The predicted octanol–water partition coefficient (Wildman–Crippen LogP) is 2.60. The predicted molar refractivity (Wildman–Crippen MR) is 58.6 cm³/mol. The Balaban J connectivity index is 2.36. The first kappa shape index (κ1) is 10.1. The highest BCUT2D eigenvalue weighted by Crippen LogP contribution is 2.28. The zero-order chi connectivity index (χ0) is 10.8. The van der Waals surface area contributed by atoms with E-state index in [-0.39, 0.29) is 5.22 Å². The molecule has 0 saturated heterocycles. The molecule has 78 valence electrons. The molecule has 3 N–H and O–H groups in total. The number of hydrogen-bond donors (Lipinski definition) is 2. The van der Waals surface area contributed by atoms with Crippen LogP contribution < -0.4 is 5.73 Å². The molecule has 0 amide bonds. The lowest BCUT2D eigenvalue weighted by molar-refractivity contribution is 0.190. The Kier molecular flexibility index (Phi) is 2.66. The second-order valence-corrected chi connectivity index (χ2v) is 3.55. The van der Waals surface area contributed by atoms with Crippen LogP contribution in [0.5, 0.6) is 0 Å². The molecule has 3 nitrogen and oxygen atoms in total. The average molecular weight is 224 g/mol. The summed E-state index contributed by atoms with van der Waals surface area (Å²) in [6.45, 7) is 0. The van der Waals surface area contributed by atoms with Gasteiger partial charge in [0.05, 0.1) is 0 Å². The van der Waals surface area contributed by atoms with E-state index in [0.29, 0.717) is 17.0 Å². The molecule has 1 atom stereocenters. The molecule has 0 aliphatic rings. The monoisotopic (exact) mass is 223 g/mol. The second-order valence-electron chi connectivity index (χ2n) is 3.17. The van der Waals surface area contributed by atoms with Crippen molar-refractivity contribution >= 4 is 17.3 Å². The number of aliphatic hydroxyl groups excluding tert-OH is 1. The number of halogens is 1. The number of nitrogen functional groups attached to an aromatic ring is 1. The van der Waals surface area contributed by atoms with E-state index in [4.69, 9.17) is 21.8 Å². The molecule has 0 spiro atoms. The van der Waals surface area contributed by atoms with E-state index in [0.717, 1.165) is 0 Å². The molecular weight excluding hydrogens is 214 g/mol. The van der Waals surface area contributed by atoms with Crippen LogP contribution in [-0.4, -0.2) is 5.11 Å². The van der Waals surface area contributed by atoms with Gasteiger partial charge in [0.25, 0.3) is 0 Å². The van der Waals surface area contributed by atoms with Crippen molar-refractivity contribution in [2.24, 2.45) is 0 Å². The number of hydrogen-bond acceptors (Lipinski definition) is 3. The summed E-state index contributed by atoms with van der Waals surface area (Å²) >= 11 is 5.62. The van der Waals surface area contributed by atoms with Crippen molar-refractivity contribution in [3.05, 3.63) is 52.9 Å². The number of nitrogens with two attached hydrogens (primary N) is 1. The van der Waals surface area contributed by atoms with Crippen molar-refractivity contribution in [3.63, 3.8) is 0 Å². The minimum atomic E-state index is -0.876. The molecule has 2 aromatic rings. The van der Waals surface area contributed by atoms with Crippen molar-refractivity contribution in [2.75, 3.05) is 5.73 Å². The third kappa shape index (κ3) is 1.98. The quantitative estimate of drug-likeness (QED) is 0.770. The lowest BCUT2D eigenvalue weighted by Crippen LogP contribution is -2.02. The van der Waals surface area contributed by atoms with E-state index in [2.05, 4.69) is 0 Å². The number of aliphatic hydroxyl groups is 1. The molecule has 0 radical (unpaired) electrons. The molecule has 0 bridgehead atoms. The summed E-state index contributed by atoms with van der Waals surface area (Å²) in [6.07, 6.45) is -0.876. The summed E-state index contributed by atoms with van der Waals surface area (Å²) < 4.78 is 5.11. The van der Waals surface area contributed by atoms with E-state index in [9.17, 15) is 5.11 Å². The Morgan fingerprint density at radius 3 is 2.53 bits per heavy atom. The smallest absolute Gasteiger partial charge is 0.193 e. The van der Waals surface area contributed by atoms with Gasteiger partial charge < -0.3 is 15.3 Å². The van der Waals surface area contributed by atoms with Crippen molar-refractivity contribution in [2.45, 2.75) is 6.10 Å². The van der Waals surface area contributed by atoms with Gasteiger partial charge in [0, 0.05) is 11.3 Å².